The van der Waals surface area contributed by atoms with Crippen molar-refractivity contribution >= 4 is 23.7 Å². The number of hydrogen-bond donors (Lipinski definition) is 2. The summed E-state index contributed by atoms with van der Waals surface area (Å²) in [5, 5.41) is 9.02. The Hall–Kier alpha value is -4.55. The summed E-state index contributed by atoms with van der Waals surface area (Å²) in [4.78, 5) is 54.6. The minimum absolute atomic E-state index is 0.00152. The Balaban J connectivity index is 1.48. The van der Waals surface area contributed by atoms with Crippen LogP contribution in [0.5, 0.6) is 0 Å². The highest BCUT2D eigenvalue weighted by atomic mass is 16.7. The third-order valence-electron chi connectivity index (χ3n) is 5.75. The van der Waals surface area contributed by atoms with Crippen LogP contribution in [0.15, 0.2) is 71.7 Å². The fraction of sp³-hybridized carbons (Fsp3) is 0.208. The van der Waals surface area contributed by atoms with E-state index in [9.17, 15) is 19.2 Å². The van der Waals surface area contributed by atoms with Gasteiger partial charge in [0.25, 0.3) is 0 Å². The molecule has 3 aromatic rings. The zero-order valence-electron chi connectivity index (χ0n) is 18.5. The summed E-state index contributed by atoms with van der Waals surface area (Å²) in [6.45, 7) is -0.365. The van der Waals surface area contributed by atoms with Crippen LogP contribution in [0.4, 0.5) is 5.82 Å². The summed E-state index contributed by atoms with van der Waals surface area (Å²) in [6.07, 6.45) is -3.59. The van der Waals surface area contributed by atoms with Gasteiger partial charge in [0.2, 0.25) is 0 Å². The van der Waals surface area contributed by atoms with E-state index >= 15 is 0 Å². The smallest absolute Gasteiger partial charge is 0.351 e. The molecule has 0 bridgehead atoms. The Bertz CT molecular complexity index is 1370. The molecule has 2 aromatic carbocycles. The Morgan fingerprint density at radius 2 is 1.58 bits per heavy atom. The van der Waals surface area contributed by atoms with Crippen molar-refractivity contribution in [2.75, 3.05) is 12.1 Å². The molecule has 36 heavy (non-hydrogen) atoms. The van der Waals surface area contributed by atoms with Gasteiger partial charge in [-0.05, 0) is 30.3 Å². The summed E-state index contributed by atoms with van der Waals surface area (Å²) in [6, 6.07) is 15.5. The fourth-order valence-corrected chi connectivity index (χ4v) is 4.03. The lowest BCUT2D eigenvalue weighted by molar-refractivity contribution is -0.0636. The van der Waals surface area contributed by atoms with Gasteiger partial charge in [0.1, 0.15) is 12.7 Å². The zero-order valence-corrected chi connectivity index (χ0v) is 18.5. The minimum Gasteiger partial charge on any atom is -0.459 e. The lowest BCUT2D eigenvalue weighted by atomic mass is 10.0. The van der Waals surface area contributed by atoms with Crippen molar-refractivity contribution in [3.63, 3.8) is 0 Å². The van der Waals surface area contributed by atoms with Crippen LogP contribution in [-0.4, -0.2) is 57.6 Å². The third-order valence-corrected chi connectivity index (χ3v) is 5.75. The van der Waals surface area contributed by atoms with Crippen LogP contribution in [0.2, 0.25) is 0 Å². The van der Waals surface area contributed by atoms with Crippen molar-refractivity contribution in [3.05, 3.63) is 94.0 Å². The number of esters is 3. The van der Waals surface area contributed by atoms with Gasteiger partial charge in [-0.1, -0.05) is 30.3 Å². The molecule has 1 aromatic heterocycles. The first-order chi connectivity index (χ1) is 17.5. The van der Waals surface area contributed by atoms with Gasteiger partial charge in [-0.15, -0.1) is 0 Å². The lowest BCUT2D eigenvalue weighted by Gasteiger charge is -2.27. The summed E-state index contributed by atoms with van der Waals surface area (Å²) in [5.74, 6) is -2.38. The SMILES string of the molecule is O=C(OC[C@H]1O[C@@H](n2ccc(NO)nc2=O)[C@@H]2OC(=O)c3ccccc3C(=O)O[C@@H]21)c1ccccc1. The van der Waals surface area contributed by atoms with Crippen LogP contribution in [0.25, 0.3) is 0 Å². The molecule has 3 heterocycles. The number of rotatable bonds is 5. The molecule has 1 fully saturated rings. The molecule has 0 unspecified atom stereocenters. The van der Waals surface area contributed by atoms with Gasteiger partial charge in [0.15, 0.2) is 24.3 Å². The normalized spacial score (nSPS) is 22.8. The highest BCUT2D eigenvalue weighted by Crippen LogP contribution is 2.36. The Morgan fingerprint density at radius 1 is 0.944 bits per heavy atom. The van der Waals surface area contributed by atoms with E-state index in [1.54, 1.807) is 47.9 Å². The van der Waals surface area contributed by atoms with Gasteiger partial charge >= 0.3 is 23.6 Å². The maximum absolute atomic E-state index is 12.9. The van der Waals surface area contributed by atoms with Gasteiger partial charge in [-0.25, -0.2) is 19.2 Å². The molecule has 2 aliphatic heterocycles. The number of ether oxygens (including phenoxy) is 4. The number of nitrogens with one attached hydrogen (secondary N) is 1. The van der Waals surface area contributed by atoms with Crippen molar-refractivity contribution in [3.8, 4) is 0 Å². The number of benzene rings is 2. The summed E-state index contributed by atoms with van der Waals surface area (Å²) < 4.78 is 23.7. The molecule has 5 rings (SSSR count). The summed E-state index contributed by atoms with van der Waals surface area (Å²) >= 11 is 0. The third kappa shape index (κ3) is 4.30. The van der Waals surface area contributed by atoms with Gasteiger partial charge in [-0.2, -0.15) is 4.98 Å². The molecule has 2 N–H and O–H groups in total. The Kier molecular flexibility index (Phi) is 6.19. The van der Waals surface area contributed by atoms with Crippen LogP contribution < -0.4 is 11.2 Å². The first-order valence-corrected chi connectivity index (χ1v) is 10.8. The van der Waals surface area contributed by atoms with Crippen molar-refractivity contribution < 1.29 is 38.5 Å². The molecule has 12 heteroatoms. The predicted molar refractivity (Wildman–Crippen MR) is 119 cm³/mol. The molecule has 2 aliphatic rings. The summed E-state index contributed by atoms with van der Waals surface area (Å²) in [7, 11) is 0. The van der Waals surface area contributed by atoms with Gasteiger partial charge in [-0.3, -0.25) is 15.3 Å². The first-order valence-electron chi connectivity index (χ1n) is 10.8. The van der Waals surface area contributed by atoms with Gasteiger partial charge < -0.3 is 18.9 Å². The molecule has 0 aliphatic carbocycles. The second kappa shape index (κ2) is 9.60. The molecule has 0 radical (unpaired) electrons. The molecule has 12 nitrogen and oxygen atoms in total. The molecule has 4 atom stereocenters. The van der Waals surface area contributed by atoms with Crippen LogP contribution in [0, 0.1) is 0 Å². The van der Waals surface area contributed by atoms with E-state index in [-0.39, 0.29) is 23.6 Å². The fourth-order valence-electron chi connectivity index (χ4n) is 4.03. The van der Waals surface area contributed by atoms with Crippen LogP contribution in [-0.2, 0) is 18.9 Å². The number of anilines is 1. The first kappa shape index (κ1) is 23.2. The molecular weight excluding hydrogens is 474 g/mol. The monoisotopic (exact) mass is 493 g/mol. The van der Waals surface area contributed by atoms with E-state index < -0.39 is 48.1 Å². The molecule has 184 valence electrons. The van der Waals surface area contributed by atoms with Crippen LogP contribution >= 0.6 is 0 Å². The zero-order chi connectivity index (χ0) is 25.2. The quantitative estimate of drug-likeness (QED) is 0.302. The van der Waals surface area contributed by atoms with E-state index in [1.807, 2.05) is 0 Å². The van der Waals surface area contributed by atoms with Crippen molar-refractivity contribution in [1.29, 1.82) is 0 Å². The lowest BCUT2D eigenvalue weighted by Crippen LogP contribution is -2.44. The maximum atomic E-state index is 12.9. The molecule has 0 amide bonds. The van der Waals surface area contributed by atoms with Gasteiger partial charge in [0.05, 0.1) is 16.7 Å². The number of aromatic nitrogens is 2. The number of carbonyl (C=O) groups excluding carboxylic acids is 3. The van der Waals surface area contributed by atoms with Crippen LogP contribution in [0.3, 0.4) is 0 Å². The number of carbonyl (C=O) groups is 3. The van der Waals surface area contributed by atoms with E-state index in [4.69, 9.17) is 24.2 Å². The van der Waals surface area contributed by atoms with Crippen molar-refractivity contribution in [2.24, 2.45) is 0 Å². The summed E-state index contributed by atoms with van der Waals surface area (Å²) in [5.41, 5.74) is 1.21. The van der Waals surface area contributed by atoms with Crippen LogP contribution in [0.1, 0.15) is 37.3 Å². The average Bonchev–Trinajstić information content (AvgIpc) is 3.22. The van der Waals surface area contributed by atoms with E-state index in [1.165, 1.54) is 24.4 Å². The van der Waals surface area contributed by atoms with Crippen molar-refractivity contribution in [2.45, 2.75) is 24.5 Å². The second-order valence-electron chi connectivity index (χ2n) is 7.93. The minimum atomic E-state index is -1.28. The van der Waals surface area contributed by atoms with E-state index in [0.717, 1.165) is 4.57 Å². The predicted octanol–water partition coefficient (Wildman–Crippen LogP) is 1.56. The van der Waals surface area contributed by atoms with E-state index in [0.29, 0.717) is 5.56 Å². The van der Waals surface area contributed by atoms with Crippen molar-refractivity contribution in [1.82, 2.24) is 9.55 Å². The van der Waals surface area contributed by atoms with E-state index in [2.05, 4.69) is 4.98 Å². The molecular formula is C24H19N3O9. The standard InChI is InChI=1S/C24H19N3O9/c28-21(13-6-2-1-3-7-13)33-12-16-18-19(20(34-16)27-11-10-17(26-32)25-24(27)31)36-23(30)15-9-5-4-8-14(15)22(29)35-18/h1-11,16,18-20,32H,12H2,(H,25,26,31)/t16-,18-,19-,20-/m1/s1. The average molecular weight is 493 g/mol. The largest absolute Gasteiger partial charge is 0.459 e. The maximum Gasteiger partial charge on any atom is 0.351 e. The number of hydrogen-bond acceptors (Lipinski definition) is 11. The highest BCUT2D eigenvalue weighted by Gasteiger charge is 2.52. The Morgan fingerprint density at radius 3 is 2.22 bits per heavy atom. The van der Waals surface area contributed by atoms with Gasteiger partial charge in [0, 0.05) is 6.20 Å². The molecule has 0 spiro atoms. The number of nitrogens with zero attached hydrogens (tertiary/aromatic N) is 2. The second-order valence-corrected chi connectivity index (χ2v) is 7.93. The molecule has 1 saturated heterocycles. The Labute approximate surface area is 203 Å². The topological polar surface area (TPSA) is 155 Å². The highest BCUT2D eigenvalue weighted by molar-refractivity contribution is 6.03. The number of fused-ring (bicyclic) bond motifs is 2. The molecule has 0 saturated carbocycles.